The summed E-state index contributed by atoms with van der Waals surface area (Å²) in [6.45, 7) is 8.11. The SMILES string of the molecule is CCCNC(c1ccnc(C)c1)c1c(Cl)cnn1CCC. The molecule has 5 heteroatoms. The van der Waals surface area contributed by atoms with Crippen LogP contribution in [0, 0.1) is 6.92 Å². The van der Waals surface area contributed by atoms with Gasteiger partial charge in [0.15, 0.2) is 0 Å². The highest BCUT2D eigenvalue weighted by Gasteiger charge is 2.21. The molecule has 114 valence electrons. The van der Waals surface area contributed by atoms with Crippen molar-refractivity contribution in [1.29, 1.82) is 0 Å². The van der Waals surface area contributed by atoms with Crippen molar-refractivity contribution in [3.63, 3.8) is 0 Å². The number of nitrogens with one attached hydrogen (secondary N) is 1. The van der Waals surface area contributed by atoms with E-state index in [2.05, 4.69) is 35.3 Å². The Kier molecular flexibility index (Phi) is 5.76. The van der Waals surface area contributed by atoms with Crippen LogP contribution in [0.2, 0.25) is 5.02 Å². The standard InChI is InChI=1S/C16H23ClN4/c1-4-7-19-15(13-6-8-18-12(3)10-13)16-14(17)11-20-21(16)9-5-2/h6,8,10-11,15,19H,4-5,7,9H2,1-3H3. The lowest BCUT2D eigenvalue weighted by molar-refractivity contribution is 0.511. The van der Waals surface area contributed by atoms with E-state index in [1.165, 1.54) is 5.56 Å². The Morgan fingerprint density at radius 2 is 2.14 bits per heavy atom. The highest BCUT2D eigenvalue weighted by Crippen LogP contribution is 2.28. The molecule has 1 N–H and O–H groups in total. The second-order valence-electron chi connectivity index (χ2n) is 5.22. The predicted molar refractivity (Wildman–Crippen MR) is 86.6 cm³/mol. The van der Waals surface area contributed by atoms with Crippen LogP contribution in [0.1, 0.15) is 49.7 Å². The number of pyridine rings is 1. The van der Waals surface area contributed by atoms with Gasteiger partial charge in [-0.05, 0) is 44.0 Å². The average molecular weight is 307 g/mol. The van der Waals surface area contributed by atoms with Gasteiger partial charge in [-0.1, -0.05) is 25.4 Å². The van der Waals surface area contributed by atoms with Crippen LogP contribution in [0.15, 0.2) is 24.5 Å². The quantitative estimate of drug-likeness (QED) is 0.847. The number of rotatable bonds is 7. The van der Waals surface area contributed by atoms with Crippen LogP contribution in [-0.2, 0) is 6.54 Å². The highest BCUT2D eigenvalue weighted by atomic mass is 35.5. The smallest absolute Gasteiger partial charge is 0.0837 e. The van der Waals surface area contributed by atoms with E-state index in [9.17, 15) is 0 Å². The topological polar surface area (TPSA) is 42.7 Å². The first-order chi connectivity index (χ1) is 10.2. The van der Waals surface area contributed by atoms with Crippen molar-refractivity contribution in [1.82, 2.24) is 20.1 Å². The molecule has 0 spiro atoms. The number of halogens is 1. The third kappa shape index (κ3) is 3.83. The summed E-state index contributed by atoms with van der Waals surface area (Å²) in [7, 11) is 0. The molecule has 0 saturated carbocycles. The summed E-state index contributed by atoms with van der Waals surface area (Å²) in [5, 5.41) is 8.71. The highest BCUT2D eigenvalue weighted by molar-refractivity contribution is 6.31. The van der Waals surface area contributed by atoms with E-state index in [-0.39, 0.29) is 6.04 Å². The molecule has 0 saturated heterocycles. The lowest BCUT2D eigenvalue weighted by Gasteiger charge is -2.21. The van der Waals surface area contributed by atoms with E-state index in [1.54, 1.807) is 6.20 Å². The Labute approximate surface area is 131 Å². The number of aryl methyl sites for hydroxylation is 2. The maximum Gasteiger partial charge on any atom is 0.0837 e. The second kappa shape index (κ2) is 7.57. The normalized spacial score (nSPS) is 12.6. The van der Waals surface area contributed by atoms with Gasteiger partial charge in [0, 0.05) is 18.4 Å². The van der Waals surface area contributed by atoms with Gasteiger partial charge in [0.1, 0.15) is 0 Å². The van der Waals surface area contributed by atoms with Crippen LogP contribution < -0.4 is 5.32 Å². The minimum absolute atomic E-state index is 0.0493. The van der Waals surface area contributed by atoms with Crippen LogP contribution in [0.4, 0.5) is 0 Å². The zero-order valence-corrected chi connectivity index (χ0v) is 13.7. The Morgan fingerprint density at radius 3 is 2.81 bits per heavy atom. The molecule has 2 heterocycles. The molecule has 0 aliphatic carbocycles. The maximum atomic E-state index is 6.41. The monoisotopic (exact) mass is 306 g/mol. The van der Waals surface area contributed by atoms with E-state index in [1.807, 2.05) is 23.9 Å². The van der Waals surface area contributed by atoms with Crippen molar-refractivity contribution < 1.29 is 0 Å². The van der Waals surface area contributed by atoms with Crippen molar-refractivity contribution in [2.75, 3.05) is 6.54 Å². The van der Waals surface area contributed by atoms with E-state index in [0.717, 1.165) is 37.3 Å². The largest absolute Gasteiger partial charge is 0.305 e. The fourth-order valence-electron chi connectivity index (χ4n) is 2.46. The predicted octanol–water partition coefficient (Wildman–Crippen LogP) is 3.74. The summed E-state index contributed by atoms with van der Waals surface area (Å²) >= 11 is 6.41. The summed E-state index contributed by atoms with van der Waals surface area (Å²) in [5.74, 6) is 0. The summed E-state index contributed by atoms with van der Waals surface area (Å²) in [6, 6.07) is 4.19. The van der Waals surface area contributed by atoms with E-state index >= 15 is 0 Å². The fraction of sp³-hybridized carbons (Fsp3) is 0.500. The first-order valence-corrected chi connectivity index (χ1v) is 7.92. The lowest BCUT2D eigenvalue weighted by Crippen LogP contribution is -2.26. The van der Waals surface area contributed by atoms with E-state index < -0.39 is 0 Å². The van der Waals surface area contributed by atoms with Gasteiger partial charge in [-0.2, -0.15) is 5.10 Å². The first kappa shape index (κ1) is 16.0. The number of hydrogen-bond donors (Lipinski definition) is 1. The molecule has 0 bridgehead atoms. The van der Waals surface area contributed by atoms with Gasteiger partial charge in [0.2, 0.25) is 0 Å². The third-order valence-corrected chi connectivity index (χ3v) is 3.69. The molecule has 1 unspecified atom stereocenters. The summed E-state index contributed by atoms with van der Waals surface area (Å²) < 4.78 is 2.01. The van der Waals surface area contributed by atoms with Crippen LogP contribution in [0.5, 0.6) is 0 Å². The van der Waals surface area contributed by atoms with Crippen molar-refractivity contribution >= 4 is 11.6 Å². The molecule has 0 fully saturated rings. The van der Waals surface area contributed by atoms with Crippen LogP contribution in [0.25, 0.3) is 0 Å². The molecular weight excluding hydrogens is 284 g/mol. The van der Waals surface area contributed by atoms with Gasteiger partial charge in [0.05, 0.1) is 23.0 Å². The third-order valence-electron chi connectivity index (χ3n) is 3.39. The second-order valence-corrected chi connectivity index (χ2v) is 5.63. The number of nitrogens with zero attached hydrogens (tertiary/aromatic N) is 3. The Bertz CT molecular complexity index is 579. The van der Waals surface area contributed by atoms with Gasteiger partial charge >= 0.3 is 0 Å². The van der Waals surface area contributed by atoms with Crippen LogP contribution in [0.3, 0.4) is 0 Å². The average Bonchev–Trinajstić information content (AvgIpc) is 2.82. The summed E-state index contributed by atoms with van der Waals surface area (Å²) in [6.07, 6.45) is 5.68. The molecule has 1 atom stereocenters. The molecule has 4 nitrogen and oxygen atoms in total. The van der Waals surface area contributed by atoms with Gasteiger partial charge in [0.25, 0.3) is 0 Å². The Hall–Kier alpha value is -1.39. The van der Waals surface area contributed by atoms with Gasteiger partial charge in [-0.25, -0.2) is 0 Å². The van der Waals surface area contributed by atoms with Crippen LogP contribution in [-0.4, -0.2) is 21.3 Å². The van der Waals surface area contributed by atoms with E-state index in [4.69, 9.17) is 11.6 Å². The first-order valence-electron chi connectivity index (χ1n) is 7.54. The minimum atomic E-state index is 0.0493. The van der Waals surface area contributed by atoms with E-state index in [0.29, 0.717) is 5.02 Å². The fourth-order valence-corrected chi connectivity index (χ4v) is 2.71. The molecule has 2 aromatic rings. The summed E-state index contributed by atoms with van der Waals surface area (Å²) in [5.41, 5.74) is 3.22. The summed E-state index contributed by atoms with van der Waals surface area (Å²) in [4.78, 5) is 4.28. The zero-order valence-electron chi connectivity index (χ0n) is 12.9. The van der Waals surface area contributed by atoms with Gasteiger partial charge in [-0.15, -0.1) is 0 Å². The zero-order chi connectivity index (χ0) is 15.2. The molecule has 21 heavy (non-hydrogen) atoms. The Balaban J connectivity index is 2.42. The minimum Gasteiger partial charge on any atom is -0.305 e. The molecule has 2 aromatic heterocycles. The number of aromatic nitrogens is 3. The van der Waals surface area contributed by atoms with Crippen molar-refractivity contribution in [3.05, 3.63) is 46.5 Å². The van der Waals surface area contributed by atoms with Crippen molar-refractivity contribution in [2.24, 2.45) is 0 Å². The lowest BCUT2D eigenvalue weighted by atomic mass is 10.0. The van der Waals surface area contributed by atoms with Gasteiger partial charge < -0.3 is 5.32 Å². The molecular formula is C16H23ClN4. The maximum absolute atomic E-state index is 6.41. The van der Waals surface area contributed by atoms with Gasteiger partial charge in [-0.3, -0.25) is 9.67 Å². The molecule has 0 amide bonds. The van der Waals surface area contributed by atoms with Crippen molar-refractivity contribution in [3.8, 4) is 0 Å². The molecule has 0 aromatic carbocycles. The molecule has 2 rings (SSSR count). The van der Waals surface area contributed by atoms with Crippen LogP contribution >= 0.6 is 11.6 Å². The molecule has 0 radical (unpaired) electrons. The van der Waals surface area contributed by atoms with Crippen molar-refractivity contribution in [2.45, 2.75) is 46.2 Å². The molecule has 0 aliphatic rings. The Morgan fingerprint density at radius 1 is 1.33 bits per heavy atom. The number of hydrogen-bond acceptors (Lipinski definition) is 3. The molecule has 0 aliphatic heterocycles.